The maximum absolute atomic E-state index is 6.81. The molecular weight excluding hydrogens is 755 g/mol. The first kappa shape index (κ1) is 33.6. The van der Waals surface area contributed by atoms with Crippen LogP contribution in [0.3, 0.4) is 0 Å². The van der Waals surface area contributed by atoms with Crippen LogP contribution in [0.1, 0.15) is 47.2 Å². The summed E-state index contributed by atoms with van der Waals surface area (Å²) in [5, 5.41) is 5.95. The molecule has 1 aliphatic carbocycles. The molecule has 2 spiro atoms. The highest BCUT2D eigenvalue weighted by Crippen LogP contribution is 2.65. The number of hydrogen-bond acceptors (Lipinski definition) is 2. The molecule has 0 saturated heterocycles. The van der Waals surface area contributed by atoms with Gasteiger partial charge in [-0.1, -0.05) is 172 Å². The zero-order valence-electron chi connectivity index (χ0n) is 33.9. The molecule has 0 fully saturated rings. The van der Waals surface area contributed by atoms with E-state index >= 15 is 0 Å². The largest absolute Gasteiger partial charge is 0.457 e. The molecule has 0 amide bonds. The Morgan fingerprint density at radius 2 is 0.852 bits per heavy atom. The van der Waals surface area contributed by atoms with Gasteiger partial charge >= 0.3 is 0 Å². The van der Waals surface area contributed by atoms with Crippen molar-refractivity contribution in [2.45, 2.75) is 24.7 Å². The van der Waals surface area contributed by atoms with Crippen LogP contribution in [0.4, 0.5) is 17.1 Å². The molecule has 5 aliphatic rings. The highest BCUT2D eigenvalue weighted by molar-refractivity contribution is 7.24. The summed E-state index contributed by atoms with van der Waals surface area (Å²) in [5.41, 5.74) is 18.5. The number of nitrogens with zero attached hydrogens (tertiary/aromatic N) is 1. The first-order valence-electron chi connectivity index (χ1n) is 21.5. The van der Waals surface area contributed by atoms with E-state index in [1.54, 1.807) is 0 Å². The van der Waals surface area contributed by atoms with E-state index in [9.17, 15) is 0 Å². The fourth-order valence-electron chi connectivity index (χ4n) is 12.6. The molecule has 9 aromatic carbocycles. The molecule has 14 rings (SSSR count). The minimum Gasteiger partial charge on any atom is -0.457 e. The average molecular weight is 794 g/mol. The van der Waals surface area contributed by atoms with Gasteiger partial charge in [0.25, 0.3) is 0 Å². The SMILES string of the molecule is CC1(C)c2ccccc2-c2cc3c(cc21)N(c1ccc2c(c1)[Si]1(c4ccccc4-c4ccccc41)c1ccccc1-2)c1ccccc1C31c2ccccc2Oc2ccccc21. The average Bonchev–Trinajstić information content (AvgIpc) is 3.86. The Bertz CT molecular complexity index is 3300. The molecule has 2 nitrogen and oxygen atoms in total. The fraction of sp³-hybridized carbons (Fsp3) is 0.0690. The van der Waals surface area contributed by atoms with E-state index in [0.717, 1.165) is 11.5 Å². The third-order valence-electron chi connectivity index (χ3n) is 14.9. The smallest absolute Gasteiger partial charge is 0.182 e. The summed E-state index contributed by atoms with van der Waals surface area (Å²) in [4.78, 5) is 2.61. The van der Waals surface area contributed by atoms with Gasteiger partial charge in [0.2, 0.25) is 0 Å². The standard InChI is InChI=1S/C58H39NOSi/c1-57(2)43-21-7-3-17-37(43)42-34-48-50(35-47(42)57)59(49-25-11-8-22-44(49)58(48)45-23-9-12-26-51(45)60-52-27-13-10-24-46(52)58)36-31-32-41-40-20-6-16-30-55(40)61(56(41)33-36)53-28-14-4-18-38(53)39-19-5-15-29-54(39)61/h3-35H,1-2H3. The van der Waals surface area contributed by atoms with E-state index in [0.29, 0.717) is 0 Å². The minimum atomic E-state index is -2.69. The van der Waals surface area contributed by atoms with Gasteiger partial charge in [0.1, 0.15) is 11.5 Å². The molecule has 0 unspecified atom stereocenters. The summed E-state index contributed by atoms with van der Waals surface area (Å²) < 4.78 is 6.81. The molecule has 0 aromatic heterocycles. The number of rotatable bonds is 1. The van der Waals surface area contributed by atoms with Gasteiger partial charge in [-0.25, -0.2) is 0 Å². The van der Waals surface area contributed by atoms with Crippen LogP contribution in [-0.2, 0) is 10.8 Å². The van der Waals surface area contributed by atoms with Gasteiger partial charge in [0.05, 0.1) is 16.8 Å². The summed E-state index contributed by atoms with van der Waals surface area (Å²) in [6.45, 7) is 4.80. The van der Waals surface area contributed by atoms with Crippen molar-refractivity contribution in [2.75, 3.05) is 4.90 Å². The van der Waals surface area contributed by atoms with Gasteiger partial charge in [0.15, 0.2) is 8.07 Å². The van der Waals surface area contributed by atoms with Crippen molar-refractivity contribution >= 4 is 45.9 Å². The third-order valence-corrected chi connectivity index (χ3v) is 19.9. The van der Waals surface area contributed by atoms with Crippen LogP contribution in [0, 0.1) is 0 Å². The van der Waals surface area contributed by atoms with Crippen LogP contribution < -0.4 is 30.4 Å². The van der Waals surface area contributed by atoms with Crippen LogP contribution in [0.25, 0.3) is 33.4 Å². The first-order valence-corrected chi connectivity index (χ1v) is 23.5. The van der Waals surface area contributed by atoms with Crippen LogP contribution in [0.15, 0.2) is 200 Å². The molecule has 0 saturated carbocycles. The Hall–Kier alpha value is -7.20. The summed E-state index contributed by atoms with van der Waals surface area (Å²) in [6.07, 6.45) is 0. The molecule has 9 aromatic rings. The molecule has 0 atom stereocenters. The molecule has 0 bridgehead atoms. The van der Waals surface area contributed by atoms with Crippen molar-refractivity contribution in [3.05, 3.63) is 234 Å². The van der Waals surface area contributed by atoms with Crippen molar-refractivity contribution in [3.8, 4) is 44.9 Å². The number of ether oxygens (including phenoxy) is 1. The van der Waals surface area contributed by atoms with E-state index in [4.69, 9.17) is 4.74 Å². The van der Waals surface area contributed by atoms with Gasteiger partial charge in [0, 0.05) is 22.2 Å². The third kappa shape index (κ3) is 3.90. The predicted octanol–water partition coefficient (Wildman–Crippen LogP) is 11.6. The Labute approximate surface area is 357 Å². The van der Waals surface area contributed by atoms with Crippen molar-refractivity contribution in [3.63, 3.8) is 0 Å². The van der Waals surface area contributed by atoms with Crippen LogP contribution in [-0.4, -0.2) is 8.07 Å². The van der Waals surface area contributed by atoms with Crippen molar-refractivity contribution in [2.24, 2.45) is 0 Å². The van der Waals surface area contributed by atoms with Gasteiger partial charge in [-0.2, -0.15) is 0 Å². The second-order valence-electron chi connectivity index (χ2n) is 17.9. The molecule has 4 aliphatic heterocycles. The number of fused-ring (bicyclic) bond motifs is 21. The molecule has 3 heteroatoms. The van der Waals surface area contributed by atoms with E-state index in [-0.39, 0.29) is 5.41 Å². The predicted molar refractivity (Wildman–Crippen MR) is 252 cm³/mol. The topological polar surface area (TPSA) is 12.5 Å². The van der Waals surface area contributed by atoms with E-state index < -0.39 is 13.5 Å². The Balaban J connectivity index is 1.11. The Kier molecular flexibility index (Phi) is 6.36. The zero-order chi connectivity index (χ0) is 40.2. The second-order valence-corrected chi connectivity index (χ2v) is 21.6. The lowest BCUT2D eigenvalue weighted by molar-refractivity contribution is 0.434. The maximum Gasteiger partial charge on any atom is 0.182 e. The van der Waals surface area contributed by atoms with E-state index in [1.807, 2.05) is 0 Å². The summed E-state index contributed by atoms with van der Waals surface area (Å²) >= 11 is 0. The molecule has 61 heavy (non-hydrogen) atoms. The number of para-hydroxylation sites is 3. The van der Waals surface area contributed by atoms with Gasteiger partial charge in [-0.15, -0.1) is 0 Å². The second kappa shape index (κ2) is 11.5. The van der Waals surface area contributed by atoms with Crippen LogP contribution >= 0.6 is 0 Å². The lowest BCUT2D eigenvalue weighted by Gasteiger charge is -2.49. The van der Waals surface area contributed by atoms with Crippen molar-refractivity contribution in [1.29, 1.82) is 0 Å². The van der Waals surface area contributed by atoms with Gasteiger partial charge in [-0.3, -0.25) is 0 Å². The normalized spacial score (nSPS) is 16.2. The molecular formula is C58H39NOSi. The Morgan fingerprint density at radius 1 is 0.361 bits per heavy atom. The summed E-state index contributed by atoms with van der Waals surface area (Å²) in [5.74, 6) is 1.80. The Morgan fingerprint density at radius 3 is 1.48 bits per heavy atom. The molecule has 0 N–H and O–H groups in total. The quantitative estimate of drug-likeness (QED) is 0.154. The van der Waals surface area contributed by atoms with Crippen LogP contribution in [0.2, 0.25) is 0 Å². The highest BCUT2D eigenvalue weighted by Gasteiger charge is 2.56. The van der Waals surface area contributed by atoms with Crippen molar-refractivity contribution in [1.82, 2.24) is 0 Å². The maximum atomic E-state index is 6.81. The highest BCUT2D eigenvalue weighted by atomic mass is 28.3. The number of benzene rings is 9. The fourth-order valence-corrected chi connectivity index (χ4v) is 18.2. The van der Waals surface area contributed by atoms with Gasteiger partial charge in [-0.05, 0) is 119 Å². The minimum absolute atomic E-state index is 0.184. The zero-order valence-corrected chi connectivity index (χ0v) is 34.9. The van der Waals surface area contributed by atoms with Gasteiger partial charge < -0.3 is 9.64 Å². The van der Waals surface area contributed by atoms with Crippen molar-refractivity contribution < 1.29 is 4.74 Å². The van der Waals surface area contributed by atoms with Crippen LogP contribution in [0.5, 0.6) is 11.5 Å². The van der Waals surface area contributed by atoms with E-state index in [1.165, 1.54) is 105 Å². The molecule has 4 heterocycles. The molecule has 286 valence electrons. The number of anilines is 3. The summed E-state index contributed by atoms with van der Waals surface area (Å²) in [7, 11) is -2.69. The first-order chi connectivity index (χ1) is 30.0. The van der Waals surface area contributed by atoms with E-state index in [2.05, 4.69) is 219 Å². The monoisotopic (exact) mass is 793 g/mol. The number of hydrogen-bond donors (Lipinski definition) is 0. The lowest BCUT2D eigenvalue weighted by Crippen LogP contribution is -2.70. The molecule has 0 radical (unpaired) electrons. The lowest BCUT2D eigenvalue weighted by atomic mass is 9.60. The summed E-state index contributed by atoms with van der Waals surface area (Å²) in [6, 6.07) is 75.9.